The molecule has 1 aromatic heterocycles. The first-order valence-corrected chi connectivity index (χ1v) is 9.11. The van der Waals surface area contributed by atoms with Crippen LogP contribution in [0, 0.1) is 0 Å². The molecule has 138 valence electrons. The molecule has 0 radical (unpaired) electrons. The van der Waals surface area contributed by atoms with E-state index < -0.39 is 0 Å². The van der Waals surface area contributed by atoms with Gasteiger partial charge >= 0.3 is 0 Å². The van der Waals surface area contributed by atoms with Crippen LogP contribution in [-0.4, -0.2) is 15.8 Å². The highest BCUT2D eigenvalue weighted by atomic mass is 35.5. The predicted octanol–water partition coefficient (Wildman–Crippen LogP) is 4.03. The van der Waals surface area contributed by atoms with Gasteiger partial charge < -0.3 is 0 Å². The zero-order valence-corrected chi connectivity index (χ0v) is 15.6. The molecule has 4 aromatic rings. The minimum Gasteiger partial charge on any atom is -0.273 e. The minimum absolute atomic E-state index is 0.151. The summed E-state index contributed by atoms with van der Waals surface area (Å²) in [6.45, 7) is 0. The summed E-state index contributed by atoms with van der Waals surface area (Å²) in [4.78, 5) is 26.3. The Kier molecular flexibility index (Phi) is 4.91. The molecule has 0 atom stereocenters. The number of rotatable bonds is 4. The lowest BCUT2D eigenvalue weighted by Gasteiger charge is -2.12. The second-order valence-electron chi connectivity index (χ2n) is 6.32. The smallest absolute Gasteiger partial charge is 0.273 e. The van der Waals surface area contributed by atoms with Crippen LogP contribution in [0.4, 0.5) is 0 Å². The molecule has 0 aliphatic heterocycles. The van der Waals surface area contributed by atoms with Crippen LogP contribution in [0.2, 0.25) is 5.02 Å². The first-order valence-electron chi connectivity index (χ1n) is 8.73. The Morgan fingerprint density at radius 2 is 1.54 bits per heavy atom. The van der Waals surface area contributed by atoms with Crippen molar-refractivity contribution >= 4 is 28.3 Å². The average molecular weight is 390 g/mol. The van der Waals surface area contributed by atoms with Crippen molar-refractivity contribution in [1.82, 2.24) is 9.89 Å². The van der Waals surface area contributed by atoms with Crippen LogP contribution in [0.1, 0.15) is 5.56 Å². The number of nitrogens with zero attached hydrogens (tertiary/aromatic N) is 2. The number of halogens is 1. The summed E-state index contributed by atoms with van der Waals surface area (Å²) < 4.78 is 0. The molecule has 0 aliphatic carbocycles. The molecule has 0 unspecified atom stereocenters. The fourth-order valence-corrected chi connectivity index (χ4v) is 3.15. The molecule has 28 heavy (non-hydrogen) atoms. The number of hydrogen-bond acceptors (Lipinski definition) is 3. The van der Waals surface area contributed by atoms with Crippen molar-refractivity contribution in [2.24, 2.45) is 0 Å². The predicted molar refractivity (Wildman–Crippen MR) is 111 cm³/mol. The van der Waals surface area contributed by atoms with Gasteiger partial charge in [0.15, 0.2) is 0 Å². The number of fused-ring (bicyclic) bond motifs is 1. The molecule has 0 fully saturated rings. The van der Waals surface area contributed by atoms with E-state index in [1.54, 1.807) is 24.3 Å². The Balaban J connectivity index is 1.76. The maximum absolute atomic E-state index is 12.8. The number of hydrogen-bond donors (Lipinski definition) is 1. The second-order valence-corrected chi connectivity index (χ2v) is 6.75. The van der Waals surface area contributed by atoms with E-state index in [-0.39, 0.29) is 17.9 Å². The van der Waals surface area contributed by atoms with Gasteiger partial charge in [-0.25, -0.2) is 5.43 Å². The summed E-state index contributed by atoms with van der Waals surface area (Å²) in [5.41, 5.74) is 4.46. The van der Waals surface area contributed by atoms with Gasteiger partial charge in [0.2, 0.25) is 5.91 Å². The van der Waals surface area contributed by atoms with Gasteiger partial charge in [-0.2, -0.15) is 0 Å². The molecule has 6 heteroatoms. The quantitative estimate of drug-likeness (QED) is 0.573. The number of amides is 1. The Labute approximate surface area is 166 Å². The van der Waals surface area contributed by atoms with E-state index in [0.717, 1.165) is 15.9 Å². The highest BCUT2D eigenvalue weighted by Gasteiger charge is 2.14. The average Bonchev–Trinajstić information content (AvgIpc) is 2.72. The monoisotopic (exact) mass is 389 g/mol. The van der Waals surface area contributed by atoms with E-state index >= 15 is 0 Å². The van der Waals surface area contributed by atoms with Crippen molar-refractivity contribution in [3.8, 4) is 11.3 Å². The first kappa shape index (κ1) is 17.9. The van der Waals surface area contributed by atoms with Crippen molar-refractivity contribution in [1.29, 1.82) is 0 Å². The molecule has 0 saturated heterocycles. The van der Waals surface area contributed by atoms with Crippen molar-refractivity contribution in [3.05, 3.63) is 99.8 Å². The standard InChI is InChI=1S/C22H16ClN3O2/c23-17-12-10-16(11-13-17)21-18-8-4-5-9-19(18)22(28)26(25-21)24-20(27)14-15-6-2-1-3-7-15/h1-13H,14H2,(H,24,27). The van der Waals surface area contributed by atoms with Gasteiger partial charge in [-0.3, -0.25) is 9.59 Å². The summed E-state index contributed by atoms with van der Waals surface area (Å²) in [7, 11) is 0. The Hall–Kier alpha value is -3.44. The maximum atomic E-state index is 12.8. The Morgan fingerprint density at radius 1 is 0.893 bits per heavy atom. The number of carbonyl (C=O) groups is 1. The molecule has 0 saturated carbocycles. The number of benzene rings is 3. The third kappa shape index (κ3) is 3.66. The fraction of sp³-hybridized carbons (Fsp3) is 0.0455. The van der Waals surface area contributed by atoms with Crippen LogP contribution in [0.15, 0.2) is 83.7 Å². The van der Waals surface area contributed by atoms with Crippen molar-refractivity contribution in [2.45, 2.75) is 6.42 Å². The summed E-state index contributed by atoms with van der Waals surface area (Å²) in [5, 5.41) is 6.21. The van der Waals surface area contributed by atoms with E-state index in [4.69, 9.17) is 11.6 Å². The molecular formula is C22H16ClN3O2. The normalized spacial score (nSPS) is 10.8. The second kappa shape index (κ2) is 7.66. The van der Waals surface area contributed by atoms with Crippen molar-refractivity contribution in [3.63, 3.8) is 0 Å². The van der Waals surface area contributed by atoms with Gasteiger partial charge in [-0.1, -0.05) is 72.3 Å². The highest BCUT2D eigenvalue weighted by Crippen LogP contribution is 2.25. The molecule has 0 spiro atoms. The maximum Gasteiger partial charge on any atom is 0.294 e. The number of carbonyl (C=O) groups excluding carboxylic acids is 1. The fourth-order valence-electron chi connectivity index (χ4n) is 3.03. The van der Waals surface area contributed by atoms with E-state index in [1.807, 2.05) is 54.6 Å². The zero-order valence-electron chi connectivity index (χ0n) is 14.8. The molecule has 0 aliphatic rings. The molecule has 3 aromatic carbocycles. The van der Waals surface area contributed by atoms with Crippen molar-refractivity contribution in [2.75, 3.05) is 5.43 Å². The van der Waals surface area contributed by atoms with Gasteiger partial charge in [0, 0.05) is 16.0 Å². The van der Waals surface area contributed by atoms with Gasteiger partial charge in [-0.05, 0) is 23.8 Å². The molecule has 4 rings (SSSR count). The zero-order chi connectivity index (χ0) is 19.5. The summed E-state index contributed by atoms with van der Waals surface area (Å²) in [6, 6.07) is 23.7. The Morgan fingerprint density at radius 3 is 2.25 bits per heavy atom. The lowest BCUT2D eigenvalue weighted by molar-refractivity contribution is -0.116. The van der Waals surface area contributed by atoms with Gasteiger partial charge in [-0.15, -0.1) is 9.89 Å². The first-order chi connectivity index (χ1) is 13.6. The van der Waals surface area contributed by atoms with Gasteiger partial charge in [0.05, 0.1) is 11.8 Å². The van der Waals surface area contributed by atoms with Crippen LogP contribution in [0.3, 0.4) is 0 Å². The number of nitrogens with one attached hydrogen (secondary N) is 1. The van der Waals surface area contributed by atoms with Crippen molar-refractivity contribution < 1.29 is 4.79 Å². The molecule has 1 amide bonds. The highest BCUT2D eigenvalue weighted by molar-refractivity contribution is 6.30. The van der Waals surface area contributed by atoms with Crippen LogP contribution in [0.25, 0.3) is 22.0 Å². The van der Waals surface area contributed by atoms with Gasteiger partial charge in [0.1, 0.15) is 5.69 Å². The van der Waals surface area contributed by atoms with E-state index in [1.165, 1.54) is 0 Å². The van der Waals surface area contributed by atoms with Gasteiger partial charge in [0.25, 0.3) is 5.56 Å². The SMILES string of the molecule is O=C(Cc1ccccc1)Nn1nc(-c2ccc(Cl)cc2)c2ccccc2c1=O. The largest absolute Gasteiger partial charge is 0.294 e. The Bertz CT molecular complexity index is 1200. The molecule has 1 heterocycles. The summed E-state index contributed by atoms with van der Waals surface area (Å²) >= 11 is 5.99. The molecule has 1 N–H and O–H groups in total. The lowest BCUT2D eigenvalue weighted by Crippen LogP contribution is -2.36. The van der Waals surface area contributed by atoms with E-state index in [9.17, 15) is 9.59 Å². The topological polar surface area (TPSA) is 64.0 Å². The van der Waals surface area contributed by atoms with E-state index in [2.05, 4.69) is 10.5 Å². The third-order valence-corrected chi connectivity index (χ3v) is 4.61. The number of aromatic nitrogens is 2. The van der Waals surface area contributed by atoms with Crippen LogP contribution in [-0.2, 0) is 11.2 Å². The summed E-state index contributed by atoms with van der Waals surface area (Å²) in [6.07, 6.45) is 0.151. The van der Waals surface area contributed by atoms with Crippen LogP contribution < -0.4 is 11.0 Å². The molecule has 5 nitrogen and oxygen atoms in total. The van der Waals surface area contributed by atoms with E-state index in [0.29, 0.717) is 21.5 Å². The van der Waals surface area contributed by atoms with Crippen LogP contribution >= 0.6 is 11.6 Å². The molecule has 0 bridgehead atoms. The summed E-state index contributed by atoms with van der Waals surface area (Å²) in [5.74, 6) is -0.321. The third-order valence-electron chi connectivity index (χ3n) is 4.36. The van der Waals surface area contributed by atoms with Crippen LogP contribution in [0.5, 0.6) is 0 Å². The minimum atomic E-state index is -0.380. The lowest BCUT2D eigenvalue weighted by atomic mass is 10.1. The molecular weight excluding hydrogens is 374 g/mol.